The van der Waals surface area contributed by atoms with E-state index in [0.29, 0.717) is 0 Å². The molecule has 0 heterocycles. The Labute approximate surface area is 91.3 Å². The lowest BCUT2D eigenvalue weighted by atomic mass is 10.3. The molecule has 0 aromatic heterocycles. The highest BCUT2D eigenvalue weighted by atomic mass is 17.2. The largest absolute Gasteiger partial charge is 0.478 e. The second-order valence-corrected chi connectivity index (χ2v) is 2.72. The van der Waals surface area contributed by atoms with Crippen LogP contribution in [0.15, 0.2) is 30.3 Å². The Morgan fingerprint density at radius 3 is 2.38 bits per heavy atom. The van der Waals surface area contributed by atoms with E-state index in [1.807, 2.05) is 0 Å². The molecule has 0 aliphatic heterocycles. The zero-order chi connectivity index (χ0) is 12.0. The normalized spacial score (nSPS) is 11.6. The summed E-state index contributed by atoms with van der Waals surface area (Å²) in [6, 6.07) is 8.08. The lowest BCUT2D eigenvalue weighted by molar-refractivity contribution is -0.260. The van der Waals surface area contributed by atoms with Gasteiger partial charge in [0.2, 0.25) is 0 Å². The number of rotatable bonds is 5. The molecule has 0 spiro atoms. The van der Waals surface area contributed by atoms with Crippen LogP contribution >= 0.6 is 0 Å². The van der Waals surface area contributed by atoms with E-state index < -0.39 is 18.0 Å². The molecule has 0 bridgehead atoms. The van der Waals surface area contributed by atoms with Gasteiger partial charge in [-0.3, -0.25) is 4.89 Å². The van der Waals surface area contributed by atoms with E-state index in [1.54, 1.807) is 18.2 Å². The second kappa shape index (κ2) is 5.72. The number of para-hydroxylation sites is 1. The van der Waals surface area contributed by atoms with Gasteiger partial charge in [0.05, 0.1) is 7.11 Å². The minimum Gasteiger partial charge on any atom is -0.478 e. The van der Waals surface area contributed by atoms with Crippen molar-refractivity contribution in [2.24, 2.45) is 0 Å². The number of hydrogen-bond acceptors (Lipinski definition) is 5. The second-order valence-electron chi connectivity index (χ2n) is 2.72. The number of carboxylic acid groups (broad SMARTS) is 1. The molecule has 86 valence electrons. The fraction of sp³-hybridized carbons (Fsp3) is 0.200. The Kier molecular flexibility index (Phi) is 4.28. The minimum absolute atomic E-state index is 0.253. The van der Waals surface area contributed by atoms with Gasteiger partial charge in [-0.25, -0.2) is 9.59 Å². The van der Waals surface area contributed by atoms with Crippen molar-refractivity contribution in [2.75, 3.05) is 7.11 Å². The number of carboxylic acids is 1. The average Bonchev–Trinajstić information content (AvgIpc) is 2.27. The molecule has 1 N–H and O–H groups in total. The number of aliphatic carboxylic acids is 1. The number of carbonyl (C=O) groups excluding carboxylic acids is 1. The van der Waals surface area contributed by atoms with E-state index in [4.69, 9.17) is 9.84 Å². The molecule has 6 heteroatoms. The fourth-order valence-electron chi connectivity index (χ4n) is 0.960. The topological polar surface area (TPSA) is 82.1 Å². The van der Waals surface area contributed by atoms with Gasteiger partial charge in [0.1, 0.15) is 5.75 Å². The molecule has 0 aliphatic rings. The Hall–Kier alpha value is -2.08. The van der Waals surface area contributed by atoms with Crippen molar-refractivity contribution in [3.63, 3.8) is 0 Å². The van der Waals surface area contributed by atoms with Crippen LogP contribution in [0.4, 0.5) is 0 Å². The molecular formula is C10H10O6. The Bertz CT molecular complexity index is 361. The number of benzene rings is 1. The minimum atomic E-state index is -1.75. The van der Waals surface area contributed by atoms with Crippen LogP contribution in [0.2, 0.25) is 0 Å². The summed E-state index contributed by atoms with van der Waals surface area (Å²) in [5, 5.41) is 8.75. The van der Waals surface area contributed by atoms with Crippen molar-refractivity contribution in [1.82, 2.24) is 0 Å². The molecule has 1 aromatic carbocycles. The van der Waals surface area contributed by atoms with Crippen molar-refractivity contribution >= 4 is 11.9 Å². The summed E-state index contributed by atoms with van der Waals surface area (Å²) >= 11 is 0. The maximum Gasteiger partial charge on any atom is 0.394 e. The maximum absolute atomic E-state index is 11.1. The van der Waals surface area contributed by atoms with Crippen LogP contribution in [0.3, 0.4) is 0 Å². The van der Waals surface area contributed by atoms with Crippen LogP contribution in [0, 0.1) is 0 Å². The van der Waals surface area contributed by atoms with Gasteiger partial charge in [-0.05, 0) is 12.1 Å². The Balaban J connectivity index is 2.73. The molecule has 0 saturated carbocycles. The highest BCUT2D eigenvalue weighted by Crippen LogP contribution is 2.11. The standard InChI is InChI=1S/C10H10O6/c1-14-16-10(13)8(9(11)12)15-7-5-3-2-4-6-7/h2-6,8H,1H3,(H,11,12). The van der Waals surface area contributed by atoms with Crippen molar-refractivity contribution in [3.8, 4) is 5.75 Å². The summed E-state index contributed by atoms with van der Waals surface area (Å²) in [5.41, 5.74) is 0. The quantitative estimate of drug-likeness (QED) is 0.450. The first-order valence-electron chi connectivity index (χ1n) is 4.34. The van der Waals surface area contributed by atoms with Gasteiger partial charge in [-0.1, -0.05) is 18.2 Å². The number of ether oxygens (including phenoxy) is 1. The van der Waals surface area contributed by atoms with Gasteiger partial charge in [0, 0.05) is 0 Å². The number of carbonyl (C=O) groups is 2. The van der Waals surface area contributed by atoms with Crippen LogP contribution in [-0.2, 0) is 19.4 Å². The molecule has 1 unspecified atom stereocenters. The van der Waals surface area contributed by atoms with Crippen molar-refractivity contribution < 1.29 is 29.2 Å². The SMILES string of the molecule is COOC(=O)C(Oc1ccccc1)C(=O)O. The third-order valence-corrected chi connectivity index (χ3v) is 1.60. The highest BCUT2D eigenvalue weighted by molar-refractivity contribution is 5.97. The van der Waals surface area contributed by atoms with E-state index in [2.05, 4.69) is 9.78 Å². The molecule has 0 aliphatic carbocycles. The van der Waals surface area contributed by atoms with Crippen LogP contribution in [0.25, 0.3) is 0 Å². The van der Waals surface area contributed by atoms with Gasteiger partial charge in [0.25, 0.3) is 6.10 Å². The summed E-state index contributed by atoms with van der Waals surface area (Å²) in [4.78, 5) is 30.0. The first-order valence-corrected chi connectivity index (χ1v) is 4.34. The van der Waals surface area contributed by atoms with E-state index in [9.17, 15) is 9.59 Å². The number of hydrogen-bond donors (Lipinski definition) is 1. The van der Waals surface area contributed by atoms with E-state index >= 15 is 0 Å². The predicted molar refractivity (Wildman–Crippen MR) is 51.6 cm³/mol. The van der Waals surface area contributed by atoms with E-state index in [-0.39, 0.29) is 5.75 Å². The molecule has 0 radical (unpaired) electrons. The van der Waals surface area contributed by atoms with E-state index in [1.165, 1.54) is 12.1 Å². The van der Waals surface area contributed by atoms with Crippen LogP contribution < -0.4 is 4.74 Å². The van der Waals surface area contributed by atoms with Crippen molar-refractivity contribution in [3.05, 3.63) is 30.3 Å². The summed E-state index contributed by atoms with van der Waals surface area (Å²) in [5.74, 6) is -2.33. The highest BCUT2D eigenvalue weighted by Gasteiger charge is 2.31. The monoisotopic (exact) mass is 226 g/mol. The third-order valence-electron chi connectivity index (χ3n) is 1.60. The average molecular weight is 226 g/mol. The molecule has 0 saturated heterocycles. The Morgan fingerprint density at radius 2 is 1.88 bits per heavy atom. The smallest absolute Gasteiger partial charge is 0.394 e. The van der Waals surface area contributed by atoms with Crippen LogP contribution in [0.1, 0.15) is 0 Å². The zero-order valence-corrected chi connectivity index (χ0v) is 8.45. The summed E-state index contributed by atoms with van der Waals surface area (Å²) in [7, 11) is 1.10. The van der Waals surface area contributed by atoms with Gasteiger partial charge in [-0.2, -0.15) is 4.89 Å². The summed E-state index contributed by atoms with van der Waals surface area (Å²) in [6.45, 7) is 0. The molecule has 1 rings (SSSR count). The van der Waals surface area contributed by atoms with Gasteiger partial charge < -0.3 is 9.84 Å². The first kappa shape index (κ1) is 12.0. The molecule has 16 heavy (non-hydrogen) atoms. The van der Waals surface area contributed by atoms with Gasteiger partial charge in [-0.15, -0.1) is 0 Å². The lowest BCUT2D eigenvalue weighted by Gasteiger charge is -2.12. The van der Waals surface area contributed by atoms with Gasteiger partial charge >= 0.3 is 11.9 Å². The zero-order valence-electron chi connectivity index (χ0n) is 8.45. The van der Waals surface area contributed by atoms with Crippen LogP contribution in [-0.4, -0.2) is 30.3 Å². The molecule has 0 amide bonds. The molecule has 1 aromatic rings. The van der Waals surface area contributed by atoms with Crippen LogP contribution in [0.5, 0.6) is 5.75 Å². The van der Waals surface area contributed by atoms with Gasteiger partial charge in [0.15, 0.2) is 0 Å². The predicted octanol–water partition coefficient (Wildman–Crippen LogP) is 0.623. The molecule has 1 atom stereocenters. The summed E-state index contributed by atoms with van der Waals surface area (Å²) in [6.07, 6.45) is -1.75. The van der Waals surface area contributed by atoms with Crippen molar-refractivity contribution in [1.29, 1.82) is 0 Å². The first-order chi connectivity index (χ1) is 7.65. The lowest BCUT2D eigenvalue weighted by Crippen LogP contribution is -2.36. The summed E-state index contributed by atoms with van der Waals surface area (Å²) < 4.78 is 4.94. The fourth-order valence-corrected chi connectivity index (χ4v) is 0.960. The van der Waals surface area contributed by atoms with E-state index in [0.717, 1.165) is 7.11 Å². The molecule has 6 nitrogen and oxygen atoms in total. The molecular weight excluding hydrogens is 216 g/mol. The van der Waals surface area contributed by atoms with Crippen molar-refractivity contribution in [2.45, 2.75) is 6.10 Å². The Morgan fingerprint density at radius 1 is 1.25 bits per heavy atom. The third kappa shape index (κ3) is 3.25. The molecule has 0 fully saturated rings. The maximum atomic E-state index is 11.1.